The molecule has 0 spiro atoms. The van der Waals surface area contributed by atoms with E-state index in [9.17, 15) is 9.90 Å². The van der Waals surface area contributed by atoms with Gasteiger partial charge in [-0.25, -0.2) is 0 Å². The fourth-order valence-corrected chi connectivity index (χ4v) is 2.49. The van der Waals surface area contributed by atoms with Crippen molar-refractivity contribution in [1.29, 1.82) is 0 Å². The summed E-state index contributed by atoms with van der Waals surface area (Å²) in [6.45, 7) is 1.52. The first kappa shape index (κ1) is 13.8. The van der Waals surface area contributed by atoms with E-state index >= 15 is 0 Å². The lowest BCUT2D eigenvalue weighted by molar-refractivity contribution is -0.137. The van der Waals surface area contributed by atoms with Crippen LogP contribution in [-0.4, -0.2) is 54.4 Å². The zero-order valence-corrected chi connectivity index (χ0v) is 11.1. The number of hydrogen-bond acceptors (Lipinski definition) is 4. The standard InChI is InChI=1S/C13H24N2O3/c1-15(9-13(17)4-6-18-7-5-13)12(16)8-11(14)10-2-3-10/h10-11,17H,2-9,14H2,1H3. The van der Waals surface area contributed by atoms with E-state index in [2.05, 4.69) is 0 Å². The van der Waals surface area contributed by atoms with Crippen LogP contribution in [0.1, 0.15) is 32.1 Å². The molecule has 1 aliphatic heterocycles. The Morgan fingerprint density at radius 2 is 2.11 bits per heavy atom. The number of hydrogen-bond donors (Lipinski definition) is 2. The van der Waals surface area contributed by atoms with Gasteiger partial charge in [-0.2, -0.15) is 0 Å². The zero-order valence-electron chi connectivity index (χ0n) is 11.1. The highest BCUT2D eigenvalue weighted by molar-refractivity contribution is 5.76. The number of nitrogens with zero attached hydrogens (tertiary/aromatic N) is 1. The molecule has 1 heterocycles. The summed E-state index contributed by atoms with van der Waals surface area (Å²) in [5.41, 5.74) is 5.17. The van der Waals surface area contributed by atoms with E-state index in [1.165, 1.54) is 0 Å². The molecule has 0 aromatic heterocycles. The molecule has 0 aromatic carbocycles. The van der Waals surface area contributed by atoms with Crippen molar-refractivity contribution in [2.45, 2.75) is 43.7 Å². The lowest BCUT2D eigenvalue weighted by Crippen LogP contribution is -2.48. The molecule has 3 N–H and O–H groups in total. The second kappa shape index (κ2) is 5.55. The monoisotopic (exact) mass is 256 g/mol. The Hall–Kier alpha value is -0.650. The van der Waals surface area contributed by atoms with Gasteiger partial charge in [0.2, 0.25) is 5.91 Å². The van der Waals surface area contributed by atoms with Gasteiger partial charge in [-0.1, -0.05) is 0 Å². The number of aliphatic hydroxyl groups is 1. The van der Waals surface area contributed by atoms with Crippen LogP contribution < -0.4 is 5.73 Å². The van der Waals surface area contributed by atoms with E-state index in [0.29, 0.717) is 44.9 Å². The van der Waals surface area contributed by atoms with E-state index in [0.717, 1.165) is 12.8 Å². The van der Waals surface area contributed by atoms with E-state index < -0.39 is 5.60 Å². The zero-order chi connectivity index (χ0) is 13.2. The van der Waals surface area contributed by atoms with Gasteiger partial charge in [0.25, 0.3) is 0 Å². The minimum atomic E-state index is -0.785. The number of likely N-dealkylation sites (N-methyl/N-ethyl adjacent to an activating group) is 1. The SMILES string of the molecule is CN(CC1(O)CCOCC1)C(=O)CC(N)C1CC1. The van der Waals surface area contributed by atoms with Crippen molar-refractivity contribution in [2.24, 2.45) is 11.7 Å². The maximum absolute atomic E-state index is 12.0. The number of nitrogens with two attached hydrogens (primary N) is 1. The summed E-state index contributed by atoms with van der Waals surface area (Å²) >= 11 is 0. The number of ether oxygens (including phenoxy) is 1. The number of rotatable bonds is 5. The molecule has 2 aliphatic rings. The largest absolute Gasteiger partial charge is 0.388 e. The van der Waals surface area contributed by atoms with Gasteiger partial charge in [0.1, 0.15) is 0 Å². The molecule has 2 fully saturated rings. The smallest absolute Gasteiger partial charge is 0.223 e. The molecular weight excluding hydrogens is 232 g/mol. The van der Waals surface area contributed by atoms with Crippen LogP contribution in [0, 0.1) is 5.92 Å². The highest BCUT2D eigenvalue weighted by atomic mass is 16.5. The van der Waals surface area contributed by atoms with Gasteiger partial charge in [0.05, 0.1) is 5.60 Å². The third-order valence-electron chi connectivity index (χ3n) is 4.02. The minimum absolute atomic E-state index is 0.00992. The van der Waals surface area contributed by atoms with E-state index in [-0.39, 0.29) is 11.9 Å². The summed E-state index contributed by atoms with van der Waals surface area (Å²) in [4.78, 5) is 13.6. The van der Waals surface area contributed by atoms with Crippen LogP contribution in [0.5, 0.6) is 0 Å². The van der Waals surface area contributed by atoms with Crippen LogP contribution in [-0.2, 0) is 9.53 Å². The summed E-state index contributed by atoms with van der Waals surface area (Å²) in [6, 6.07) is -0.00992. The second-order valence-electron chi connectivity index (χ2n) is 5.79. The molecule has 104 valence electrons. The molecule has 18 heavy (non-hydrogen) atoms. The number of carbonyl (C=O) groups is 1. The molecule has 1 unspecified atom stereocenters. The molecular formula is C13H24N2O3. The van der Waals surface area contributed by atoms with Crippen LogP contribution >= 0.6 is 0 Å². The Labute approximate surface area is 108 Å². The van der Waals surface area contributed by atoms with Gasteiger partial charge in [0.15, 0.2) is 0 Å². The fraction of sp³-hybridized carbons (Fsp3) is 0.923. The predicted octanol–water partition coefficient (Wildman–Crippen LogP) is 0.114. The maximum Gasteiger partial charge on any atom is 0.223 e. The Balaban J connectivity index is 1.78. The summed E-state index contributed by atoms with van der Waals surface area (Å²) < 4.78 is 5.23. The molecule has 5 nitrogen and oxygen atoms in total. The average Bonchev–Trinajstić information content (AvgIpc) is 3.12. The molecule has 1 aliphatic carbocycles. The van der Waals surface area contributed by atoms with Crippen LogP contribution in [0.3, 0.4) is 0 Å². The Bertz CT molecular complexity index is 299. The van der Waals surface area contributed by atoms with Gasteiger partial charge in [-0.15, -0.1) is 0 Å². The van der Waals surface area contributed by atoms with Gasteiger partial charge in [-0.3, -0.25) is 4.79 Å². The van der Waals surface area contributed by atoms with Crippen LogP contribution in [0.2, 0.25) is 0 Å². The molecule has 2 rings (SSSR count). The molecule has 1 saturated heterocycles. The first-order valence-corrected chi connectivity index (χ1v) is 6.80. The topological polar surface area (TPSA) is 75.8 Å². The van der Waals surface area contributed by atoms with Gasteiger partial charge < -0.3 is 20.5 Å². The Kier molecular flexibility index (Phi) is 4.25. The molecule has 0 bridgehead atoms. The number of carbonyl (C=O) groups excluding carboxylic acids is 1. The molecule has 1 atom stereocenters. The van der Waals surface area contributed by atoms with Gasteiger partial charge in [0, 0.05) is 52.1 Å². The van der Waals surface area contributed by atoms with E-state index in [1.54, 1.807) is 11.9 Å². The van der Waals surface area contributed by atoms with Crippen molar-refractivity contribution < 1.29 is 14.6 Å². The molecule has 1 saturated carbocycles. The highest BCUT2D eigenvalue weighted by Gasteiger charge is 2.34. The van der Waals surface area contributed by atoms with E-state index in [1.807, 2.05) is 0 Å². The lowest BCUT2D eigenvalue weighted by Gasteiger charge is -2.35. The van der Waals surface area contributed by atoms with Crippen molar-refractivity contribution in [3.63, 3.8) is 0 Å². The second-order valence-corrected chi connectivity index (χ2v) is 5.79. The van der Waals surface area contributed by atoms with Gasteiger partial charge in [-0.05, 0) is 18.8 Å². The number of amides is 1. The minimum Gasteiger partial charge on any atom is -0.388 e. The van der Waals surface area contributed by atoms with Crippen molar-refractivity contribution in [1.82, 2.24) is 4.90 Å². The molecule has 5 heteroatoms. The summed E-state index contributed by atoms with van der Waals surface area (Å²) in [7, 11) is 1.75. The normalized spacial score (nSPS) is 24.6. The first-order valence-electron chi connectivity index (χ1n) is 6.80. The Morgan fingerprint density at radius 1 is 1.50 bits per heavy atom. The predicted molar refractivity (Wildman–Crippen MR) is 68.0 cm³/mol. The van der Waals surface area contributed by atoms with Crippen molar-refractivity contribution in [3.05, 3.63) is 0 Å². The maximum atomic E-state index is 12.0. The third-order valence-corrected chi connectivity index (χ3v) is 4.02. The van der Waals surface area contributed by atoms with Crippen LogP contribution in [0.4, 0.5) is 0 Å². The van der Waals surface area contributed by atoms with E-state index in [4.69, 9.17) is 10.5 Å². The fourth-order valence-electron chi connectivity index (χ4n) is 2.49. The lowest BCUT2D eigenvalue weighted by atomic mass is 9.93. The van der Waals surface area contributed by atoms with Crippen molar-refractivity contribution in [3.8, 4) is 0 Å². The van der Waals surface area contributed by atoms with Crippen LogP contribution in [0.15, 0.2) is 0 Å². The Morgan fingerprint density at radius 3 is 2.67 bits per heavy atom. The molecule has 0 radical (unpaired) electrons. The molecule has 1 amide bonds. The average molecular weight is 256 g/mol. The van der Waals surface area contributed by atoms with Crippen molar-refractivity contribution in [2.75, 3.05) is 26.8 Å². The summed E-state index contributed by atoms with van der Waals surface area (Å²) in [5, 5.41) is 10.3. The van der Waals surface area contributed by atoms with Crippen LogP contribution in [0.25, 0.3) is 0 Å². The highest BCUT2D eigenvalue weighted by Crippen LogP contribution is 2.33. The van der Waals surface area contributed by atoms with Crippen molar-refractivity contribution >= 4 is 5.91 Å². The molecule has 0 aromatic rings. The third kappa shape index (κ3) is 3.67. The van der Waals surface area contributed by atoms with Gasteiger partial charge >= 0.3 is 0 Å². The quantitative estimate of drug-likeness (QED) is 0.732. The summed E-state index contributed by atoms with van der Waals surface area (Å²) in [6.07, 6.45) is 3.89. The first-order chi connectivity index (χ1) is 8.50. The summed E-state index contributed by atoms with van der Waals surface area (Å²) in [5.74, 6) is 0.572.